The molecule has 0 bridgehead atoms. The minimum atomic E-state index is -0.171. The molecule has 0 spiro atoms. The zero-order valence-electron chi connectivity index (χ0n) is 11.3. The van der Waals surface area contributed by atoms with Crippen molar-refractivity contribution in [2.75, 3.05) is 29.9 Å². The minimum Gasteiger partial charge on any atom is -0.357 e. The Hall–Kier alpha value is -1.70. The summed E-state index contributed by atoms with van der Waals surface area (Å²) in [5.41, 5.74) is 0. The number of nitrogens with zero attached hydrogens (tertiary/aromatic N) is 4. The quantitative estimate of drug-likeness (QED) is 0.872. The molecule has 7 nitrogen and oxygen atoms in total. The number of carbonyl (C=O) groups excluding carboxylic acids is 2. The summed E-state index contributed by atoms with van der Waals surface area (Å²) < 4.78 is 0. The van der Waals surface area contributed by atoms with E-state index in [9.17, 15) is 9.59 Å². The Morgan fingerprint density at radius 2 is 2.10 bits per heavy atom. The molecule has 1 atom stereocenters. The van der Waals surface area contributed by atoms with E-state index < -0.39 is 0 Å². The number of likely N-dealkylation sites (N-methyl/N-ethyl adjacent to an activating group) is 1. The lowest BCUT2D eigenvalue weighted by atomic mass is 10.2. The van der Waals surface area contributed by atoms with E-state index in [4.69, 9.17) is 0 Å². The molecule has 20 heavy (non-hydrogen) atoms. The van der Waals surface area contributed by atoms with Crippen molar-refractivity contribution in [2.45, 2.75) is 31.7 Å². The average molecular weight is 295 g/mol. The Bertz CT molecular complexity index is 532. The minimum absolute atomic E-state index is 0.0106. The van der Waals surface area contributed by atoms with Crippen LogP contribution in [0.5, 0.6) is 0 Å². The monoisotopic (exact) mass is 295 g/mol. The Morgan fingerprint density at radius 3 is 2.80 bits per heavy atom. The van der Waals surface area contributed by atoms with Crippen LogP contribution in [0.25, 0.3) is 0 Å². The van der Waals surface area contributed by atoms with Gasteiger partial charge in [-0.15, -0.1) is 10.2 Å². The van der Waals surface area contributed by atoms with Crippen molar-refractivity contribution in [3.63, 3.8) is 0 Å². The molecule has 2 aliphatic heterocycles. The molecule has 1 aromatic rings. The molecule has 108 valence electrons. The number of carbonyl (C=O) groups is 2. The maximum absolute atomic E-state index is 11.9. The molecule has 3 rings (SSSR count). The van der Waals surface area contributed by atoms with Crippen LogP contribution in [0.2, 0.25) is 0 Å². The molecule has 0 radical (unpaired) electrons. The normalized spacial score (nSPS) is 22.6. The van der Waals surface area contributed by atoms with Gasteiger partial charge in [-0.2, -0.15) is 0 Å². The highest BCUT2D eigenvalue weighted by atomic mass is 32.1. The molecule has 1 N–H and O–H groups in total. The van der Waals surface area contributed by atoms with Crippen LogP contribution < -0.4 is 15.1 Å². The molecule has 2 aliphatic rings. The highest BCUT2D eigenvalue weighted by Gasteiger charge is 2.33. The zero-order chi connectivity index (χ0) is 14.1. The molecule has 0 aliphatic carbocycles. The fraction of sp³-hybridized carbons (Fsp3) is 0.667. The van der Waals surface area contributed by atoms with Crippen LogP contribution in [0.4, 0.5) is 10.3 Å². The predicted octanol–water partition coefficient (Wildman–Crippen LogP) is 0.380. The van der Waals surface area contributed by atoms with E-state index in [1.165, 1.54) is 11.3 Å². The van der Waals surface area contributed by atoms with Gasteiger partial charge in [-0.25, -0.2) is 0 Å². The molecule has 3 heterocycles. The van der Waals surface area contributed by atoms with Crippen molar-refractivity contribution in [1.82, 2.24) is 15.5 Å². The number of hydrogen-bond acceptors (Lipinski definition) is 6. The first-order valence-electron chi connectivity index (χ1n) is 6.83. The second-order valence-electron chi connectivity index (χ2n) is 4.98. The SMILES string of the molecule is CNC(=O)[C@@H]1CCCN1c1nnc(N2CCCC2=O)s1. The Balaban J connectivity index is 1.79. The number of nitrogens with one attached hydrogen (secondary N) is 1. The van der Waals surface area contributed by atoms with Crippen molar-refractivity contribution < 1.29 is 9.59 Å². The van der Waals surface area contributed by atoms with Crippen LogP contribution >= 0.6 is 11.3 Å². The lowest BCUT2D eigenvalue weighted by Gasteiger charge is -2.21. The molecular weight excluding hydrogens is 278 g/mol. The molecule has 8 heteroatoms. The van der Waals surface area contributed by atoms with Gasteiger partial charge in [-0.3, -0.25) is 14.5 Å². The summed E-state index contributed by atoms with van der Waals surface area (Å²) in [6, 6.07) is -0.171. The third-order valence-electron chi connectivity index (χ3n) is 3.76. The third kappa shape index (κ3) is 2.24. The van der Waals surface area contributed by atoms with Gasteiger partial charge in [0.2, 0.25) is 22.1 Å². The maximum Gasteiger partial charge on any atom is 0.242 e. The summed E-state index contributed by atoms with van der Waals surface area (Å²) in [6.45, 7) is 1.52. The second kappa shape index (κ2) is 5.35. The van der Waals surface area contributed by atoms with Crippen LogP contribution in [0, 0.1) is 0 Å². The smallest absolute Gasteiger partial charge is 0.242 e. The number of anilines is 2. The van der Waals surface area contributed by atoms with Crippen LogP contribution in [0.15, 0.2) is 0 Å². The van der Waals surface area contributed by atoms with Gasteiger partial charge in [0, 0.05) is 26.6 Å². The molecule has 0 saturated carbocycles. The van der Waals surface area contributed by atoms with E-state index in [-0.39, 0.29) is 17.9 Å². The van der Waals surface area contributed by atoms with Crippen LogP contribution in [-0.4, -0.2) is 48.2 Å². The molecule has 0 aromatic carbocycles. The third-order valence-corrected chi connectivity index (χ3v) is 4.74. The van der Waals surface area contributed by atoms with Gasteiger partial charge >= 0.3 is 0 Å². The van der Waals surface area contributed by atoms with Gasteiger partial charge in [0.05, 0.1) is 0 Å². The summed E-state index contributed by atoms with van der Waals surface area (Å²) in [4.78, 5) is 27.2. The standard InChI is InChI=1S/C12H17N5O2S/c1-13-10(19)8-4-2-6-16(8)11-14-15-12(20-11)17-7-3-5-9(17)18/h8H,2-7H2,1H3,(H,13,19)/t8-/m0/s1. The number of amides is 2. The average Bonchev–Trinajstić information content (AvgIpc) is 3.16. The first-order chi connectivity index (χ1) is 9.70. The maximum atomic E-state index is 11.9. The van der Waals surface area contributed by atoms with E-state index in [1.807, 2.05) is 4.90 Å². The second-order valence-corrected chi connectivity index (χ2v) is 5.92. The topological polar surface area (TPSA) is 78.4 Å². The highest BCUT2D eigenvalue weighted by Crippen LogP contribution is 2.33. The van der Waals surface area contributed by atoms with Gasteiger partial charge in [-0.05, 0) is 19.3 Å². The van der Waals surface area contributed by atoms with Crippen LogP contribution in [0.3, 0.4) is 0 Å². The van der Waals surface area contributed by atoms with Gasteiger partial charge in [0.15, 0.2) is 0 Å². The van der Waals surface area contributed by atoms with E-state index in [2.05, 4.69) is 15.5 Å². The first kappa shape index (κ1) is 13.3. The predicted molar refractivity (Wildman–Crippen MR) is 75.9 cm³/mol. The fourth-order valence-corrected chi connectivity index (χ4v) is 3.68. The molecule has 1 aromatic heterocycles. The van der Waals surface area contributed by atoms with E-state index in [0.29, 0.717) is 18.1 Å². The summed E-state index contributed by atoms with van der Waals surface area (Å²) >= 11 is 1.39. The molecular formula is C12H17N5O2S. The number of aromatic nitrogens is 2. The Labute approximate surface area is 121 Å². The Morgan fingerprint density at radius 1 is 1.30 bits per heavy atom. The van der Waals surface area contributed by atoms with E-state index in [0.717, 1.165) is 30.9 Å². The van der Waals surface area contributed by atoms with Gasteiger partial charge in [-0.1, -0.05) is 11.3 Å². The van der Waals surface area contributed by atoms with Crippen molar-refractivity contribution in [3.05, 3.63) is 0 Å². The first-order valence-corrected chi connectivity index (χ1v) is 7.64. The van der Waals surface area contributed by atoms with Crippen molar-refractivity contribution in [2.24, 2.45) is 0 Å². The summed E-state index contributed by atoms with van der Waals surface area (Å²) in [5, 5.41) is 12.3. The molecule has 2 fully saturated rings. The van der Waals surface area contributed by atoms with E-state index >= 15 is 0 Å². The molecule has 2 saturated heterocycles. The number of hydrogen-bond donors (Lipinski definition) is 1. The van der Waals surface area contributed by atoms with Crippen LogP contribution in [-0.2, 0) is 9.59 Å². The summed E-state index contributed by atoms with van der Waals surface area (Å²) in [5.74, 6) is 0.119. The van der Waals surface area contributed by atoms with Crippen molar-refractivity contribution in [1.29, 1.82) is 0 Å². The Kier molecular flexibility index (Phi) is 3.56. The van der Waals surface area contributed by atoms with Crippen LogP contribution in [0.1, 0.15) is 25.7 Å². The molecule has 0 unspecified atom stereocenters. The zero-order valence-corrected chi connectivity index (χ0v) is 12.2. The largest absolute Gasteiger partial charge is 0.357 e. The van der Waals surface area contributed by atoms with Crippen molar-refractivity contribution >= 4 is 33.4 Å². The molecule has 2 amide bonds. The highest BCUT2D eigenvalue weighted by molar-refractivity contribution is 7.19. The summed E-state index contributed by atoms with van der Waals surface area (Å²) in [6.07, 6.45) is 3.25. The van der Waals surface area contributed by atoms with Gasteiger partial charge in [0.25, 0.3) is 0 Å². The fourth-order valence-electron chi connectivity index (χ4n) is 2.72. The summed E-state index contributed by atoms with van der Waals surface area (Å²) in [7, 11) is 1.65. The van der Waals surface area contributed by atoms with Gasteiger partial charge in [0.1, 0.15) is 6.04 Å². The van der Waals surface area contributed by atoms with Crippen molar-refractivity contribution in [3.8, 4) is 0 Å². The van der Waals surface area contributed by atoms with Gasteiger partial charge < -0.3 is 10.2 Å². The lowest BCUT2D eigenvalue weighted by molar-refractivity contribution is -0.121. The lowest BCUT2D eigenvalue weighted by Crippen LogP contribution is -2.41. The van der Waals surface area contributed by atoms with E-state index in [1.54, 1.807) is 11.9 Å². The number of rotatable bonds is 3.